The van der Waals surface area contributed by atoms with E-state index in [1.165, 1.54) is 22.8 Å². The van der Waals surface area contributed by atoms with Gasteiger partial charge in [-0.3, -0.25) is 39.0 Å². The van der Waals surface area contributed by atoms with Crippen molar-refractivity contribution in [1.29, 1.82) is 0 Å². The summed E-state index contributed by atoms with van der Waals surface area (Å²) in [7, 11) is 3.30. The summed E-state index contributed by atoms with van der Waals surface area (Å²) in [6.45, 7) is 23.1. The molecular formula is C60H88N10O10. The van der Waals surface area contributed by atoms with Gasteiger partial charge in [0.2, 0.25) is 11.8 Å². The Morgan fingerprint density at radius 1 is 0.938 bits per heavy atom. The molecule has 7 heterocycles. The first-order valence-corrected chi connectivity index (χ1v) is 29.2. The third kappa shape index (κ3) is 12.7. The molecule has 1 unspecified atom stereocenters. The maximum absolute atomic E-state index is 14.8. The van der Waals surface area contributed by atoms with Crippen molar-refractivity contribution in [1.82, 2.24) is 44.9 Å². The molecule has 1 aliphatic carbocycles. The lowest BCUT2D eigenvalue weighted by atomic mass is 9.84. The van der Waals surface area contributed by atoms with Crippen LogP contribution in [0.15, 0.2) is 36.5 Å². The van der Waals surface area contributed by atoms with Gasteiger partial charge in [-0.1, -0.05) is 33.8 Å². The van der Waals surface area contributed by atoms with Crippen LogP contribution in [0.3, 0.4) is 0 Å². The van der Waals surface area contributed by atoms with E-state index in [-0.39, 0.29) is 50.8 Å². The van der Waals surface area contributed by atoms with Gasteiger partial charge in [-0.05, 0) is 125 Å². The molecule has 3 aromatic rings. The number of pyridine rings is 1. The number of rotatable bonds is 13. The van der Waals surface area contributed by atoms with Crippen molar-refractivity contribution in [3.05, 3.63) is 53.4 Å². The lowest BCUT2D eigenvalue weighted by Gasteiger charge is -2.40. The number of aliphatic carboxylic acids is 1. The maximum atomic E-state index is 14.8. The number of likely N-dealkylation sites (tertiary alicyclic amines) is 1. The molecule has 4 saturated heterocycles. The Balaban J connectivity index is 1.15. The normalized spacial score (nSPS) is 26.3. The van der Waals surface area contributed by atoms with E-state index in [1.54, 1.807) is 39.8 Å². The number of hydrazine groups is 1. The van der Waals surface area contributed by atoms with E-state index in [2.05, 4.69) is 81.1 Å². The quantitative estimate of drug-likeness (QED) is 0.165. The van der Waals surface area contributed by atoms with Crippen LogP contribution in [-0.4, -0.2) is 202 Å². The summed E-state index contributed by atoms with van der Waals surface area (Å²) in [6.07, 6.45) is 6.84. The Hall–Kier alpha value is -5.64. The second-order valence-electron chi connectivity index (χ2n) is 25.3. The van der Waals surface area contributed by atoms with Gasteiger partial charge in [0, 0.05) is 109 Å². The van der Waals surface area contributed by atoms with Crippen molar-refractivity contribution in [2.75, 3.05) is 91.2 Å². The van der Waals surface area contributed by atoms with Crippen molar-refractivity contribution in [2.24, 2.45) is 17.3 Å². The molecule has 1 saturated carbocycles. The predicted molar refractivity (Wildman–Crippen MR) is 305 cm³/mol. The molecule has 6 aliphatic rings. The average Bonchev–Trinajstić information content (AvgIpc) is 4.13. The average molecular weight is 1110 g/mol. The van der Waals surface area contributed by atoms with E-state index < -0.39 is 71.1 Å². The van der Waals surface area contributed by atoms with Gasteiger partial charge in [-0.25, -0.2) is 10.2 Å². The largest absolute Gasteiger partial charge is 0.480 e. The van der Waals surface area contributed by atoms with Gasteiger partial charge in [0.15, 0.2) is 0 Å². The first-order chi connectivity index (χ1) is 38.0. The molecule has 5 fully saturated rings. The molecule has 0 spiro atoms. The van der Waals surface area contributed by atoms with Gasteiger partial charge >= 0.3 is 12.1 Å². The fourth-order valence-corrected chi connectivity index (χ4v) is 12.8. The highest BCUT2D eigenvalue weighted by molar-refractivity contribution is 5.96. The Kier molecular flexibility index (Phi) is 17.7. The minimum absolute atomic E-state index is 0.00534. The van der Waals surface area contributed by atoms with Crippen LogP contribution in [0.1, 0.15) is 117 Å². The maximum Gasteiger partial charge on any atom is 0.410 e. The van der Waals surface area contributed by atoms with Crippen molar-refractivity contribution in [3.63, 3.8) is 0 Å². The van der Waals surface area contributed by atoms with Crippen molar-refractivity contribution < 1.29 is 48.4 Å². The molecule has 20 nitrogen and oxygen atoms in total. The zero-order valence-corrected chi connectivity index (χ0v) is 49.1. The number of carboxylic acid groups (broad SMARTS) is 1. The van der Waals surface area contributed by atoms with E-state index in [9.17, 15) is 34.2 Å². The second-order valence-corrected chi connectivity index (χ2v) is 25.3. The Labute approximate surface area is 472 Å². The van der Waals surface area contributed by atoms with Gasteiger partial charge < -0.3 is 49.0 Å². The molecule has 8 atom stereocenters. The number of benzene rings is 1. The fraction of sp³-hybridized carbons (Fsp3) is 0.667. The smallest absolute Gasteiger partial charge is 0.410 e. The highest BCUT2D eigenvalue weighted by Gasteiger charge is 2.47. The number of aromatic nitrogens is 2. The minimum Gasteiger partial charge on any atom is -0.480 e. The number of methoxy groups -OCH3 is 1. The number of fused-ring (bicyclic) bond motifs is 4. The Bertz CT molecular complexity index is 2810. The highest BCUT2D eigenvalue weighted by Crippen LogP contribution is 2.43. The van der Waals surface area contributed by atoms with Crippen LogP contribution >= 0.6 is 0 Å². The molecule has 438 valence electrons. The third-order valence-corrected chi connectivity index (χ3v) is 17.2. The Morgan fingerprint density at radius 3 is 2.33 bits per heavy atom. The van der Waals surface area contributed by atoms with E-state index in [0.717, 1.165) is 76.4 Å². The van der Waals surface area contributed by atoms with Crippen molar-refractivity contribution in [3.8, 4) is 11.3 Å². The number of aliphatic hydroxyl groups is 1. The standard InChI is InChI=1S/C60H88N10O10/c1-12-68-49-18-15-38(27-44(49)46(29-60(8,9)35-71)53(68)45-28-41(30-61-51(45)37(4)78-11)67-24-22-66(23-25-67)40-16-17-40)39-26-42-32-65(31-39)33-48(56(74)70-20-13-14-47(63-70)57(75)76)62-54(72)52(36(2)3)64(10)55(73)43-19-21-69(50(43)34-79-42)58(77)80-59(5,6)7/h15,18,26-28,30,36-37,40,42-43,47-48,50,52,63,71H,12-14,16-17,19-25,29,31-35H2,1-11H3,(H,62,72)(H,75,76)/t37-,42-,43-,47-,48-,50+,52-/m0/s1. The molecule has 0 radical (unpaired) electrons. The molecule has 5 aliphatic heterocycles. The number of aryl methyl sites for hydroxylation is 1. The number of carboxylic acids is 1. The van der Waals surface area contributed by atoms with Gasteiger partial charge in [-0.15, -0.1) is 0 Å². The number of ether oxygens (including phenoxy) is 3. The van der Waals surface area contributed by atoms with Crippen LogP contribution in [0.2, 0.25) is 0 Å². The molecule has 2 aromatic heterocycles. The summed E-state index contributed by atoms with van der Waals surface area (Å²) in [4.78, 5) is 86.0. The molecule has 1 aromatic carbocycles. The molecule has 9 rings (SSSR count). The van der Waals surface area contributed by atoms with E-state index in [1.807, 2.05) is 27.0 Å². The van der Waals surface area contributed by atoms with Gasteiger partial charge in [-0.2, -0.15) is 0 Å². The lowest BCUT2D eigenvalue weighted by Crippen LogP contribution is -2.64. The van der Waals surface area contributed by atoms with Crippen molar-refractivity contribution >= 4 is 51.9 Å². The van der Waals surface area contributed by atoms with E-state index in [4.69, 9.17) is 19.2 Å². The zero-order valence-electron chi connectivity index (χ0n) is 49.1. The number of aliphatic hydroxyl groups excluding tert-OH is 1. The summed E-state index contributed by atoms with van der Waals surface area (Å²) in [5, 5.41) is 26.3. The SMILES string of the molecule is CCn1c(-c2cc(N3CCN(C4CC4)CC3)cnc2[C@H](C)OC)c(CC(C)(C)CO)c2cc(C3=C[C@H]4CN(C3)C[C@@H](C(=O)N3CCC[C@@H](C(=O)O)N3)NC(=O)[C@H](C(C)C)N(C)C(=O)[C@H]3CCN(C(=O)OC(C)(C)C)[C@@H]3CO4)ccc21. The van der Waals surface area contributed by atoms with Crippen LogP contribution < -0.4 is 15.6 Å². The number of likely N-dealkylation sites (N-methyl/N-ethyl adjacent to an activating group) is 1. The predicted octanol–water partition coefficient (Wildman–Crippen LogP) is 5.55. The summed E-state index contributed by atoms with van der Waals surface area (Å²) in [5.41, 5.74) is 9.42. The minimum atomic E-state index is -1.15. The summed E-state index contributed by atoms with van der Waals surface area (Å²) in [5.74, 6) is -3.51. The molecule has 4 N–H and O–H groups in total. The number of carbonyl (C=O) groups is 5. The van der Waals surface area contributed by atoms with Crippen LogP contribution in [0.5, 0.6) is 0 Å². The topological polar surface area (TPSA) is 215 Å². The first-order valence-electron chi connectivity index (χ1n) is 29.2. The number of nitrogens with zero attached hydrogens (tertiary/aromatic N) is 8. The summed E-state index contributed by atoms with van der Waals surface area (Å²) >= 11 is 0. The number of carbonyl (C=O) groups excluding carboxylic acids is 4. The molecule has 20 heteroatoms. The first kappa shape index (κ1) is 59.0. The number of amides is 4. The lowest BCUT2D eigenvalue weighted by molar-refractivity contribution is -0.150. The molecule has 80 heavy (non-hydrogen) atoms. The second kappa shape index (κ2) is 24.1. The summed E-state index contributed by atoms with van der Waals surface area (Å²) < 4.78 is 21.2. The van der Waals surface area contributed by atoms with Crippen LogP contribution in [0, 0.1) is 17.3 Å². The molecule has 4 amide bonds. The Morgan fingerprint density at radius 2 is 1.68 bits per heavy atom. The monoisotopic (exact) mass is 1110 g/mol. The summed E-state index contributed by atoms with van der Waals surface area (Å²) in [6, 6.07) is 5.66. The van der Waals surface area contributed by atoms with Crippen LogP contribution in [-0.2, 0) is 46.4 Å². The fourth-order valence-electron chi connectivity index (χ4n) is 12.8. The van der Waals surface area contributed by atoms with E-state index in [0.29, 0.717) is 51.4 Å². The van der Waals surface area contributed by atoms with Gasteiger partial charge in [0.1, 0.15) is 23.7 Å². The zero-order chi connectivity index (χ0) is 57.5. The van der Waals surface area contributed by atoms with E-state index >= 15 is 0 Å². The van der Waals surface area contributed by atoms with Gasteiger partial charge in [0.05, 0.1) is 54.0 Å². The number of hydrogen-bond acceptors (Lipinski definition) is 14. The van der Waals surface area contributed by atoms with Crippen molar-refractivity contribution in [2.45, 2.75) is 155 Å². The highest BCUT2D eigenvalue weighted by atomic mass is 16.6. The molecular weight excluding hydrogens is 1020 g/mol. The number of anilines is 1. The number of nitrogens with one attached hydrogen (secondary N) is 2. The molecule has 2 bridgehead atoms. The van der Waals surface area contributed by atoms with Gasteiger partial charge in [0.25, 0.3) is 5.91 Å². The number of hydrogen-bond donors (Lipinski definition) is 4. The van der Waals surface area contributed by atoms with Crippen LogP contribution in [0.25, 0.3) is 27.7 Å². The number of piperazine rings is 1. The van der Waals surface area contributed by atoms with Crippen LogP contribution in [0.4, 0.5) is 10.5 Å². The third-order valence-electron chi connectivity index (χ3n) is 17.2.